The average Bonchev–Trinajstić information content (AvgIpc) is 2.79. The van der Waals surface area contributed by atoms with E-state index in [4.69, 9.17) is 9.47 Å². The zero-order valence-electron chi connectivity index (χ0n) is 18.0. The maximum atomic E-state index is 12.5. The van der Waals surface area contributed by atoms with E-state index in [0.717, 1.165) is 13.1 Å². The Morgan fingerprint density at radius 1 is 1.09 bits per heavy atom. The van der Waals surface area contributed by atoms with Crippen LogP contribution in [0.25, 0.3) is 0 Å². The maximum Gasteiger partial charge on any atom is 0.248 e. The number of carbonyl (C=O) groups excluding carboxylic acids is 1. The van der Waals surface area contributed by atoms with Crippen molar-refractivity contribution in [2.45, 2.75) is 18.3 Å². The summed E-state index contributed by atoms with van der Waals surface area (Å²) in [7, 11) is -3.51. The Labute approximate surface area is 189 Å². The fourth-order valence-corrected chi connectivity index (χ4v) is 4.77. The first-order valence-electron chi connectivity index (χ1n) is 10.7. The van der Waals surface area contributed by atoms with Crippen LogP contribution in [0.1, 0.15) is 12.0 Å². The number of nitrogens with one attached hydrogen (secondary N) is 1. The summed E-state index contributed by atoms with van der Waals surface area (Å²) in [5.41, 5.74) is 0.586. The molecule has 1 saturated heterocycles. The van der Waals surface area contributed by atoms with E-state index >= 15 is 0 Å². The van der Waals surface area contributed by atoms with Crippen LogP contribution in [0.2, 0.25) is 0 Å². The van der Waals surface area contributed by atoms with Crippen LogP contribution in [0.4, 0.5) is 0 Å². The van der Waals surface area contributed by atoms with Crippen LogP contribution >= 0.6 is 0 Å². The van der Waals surface area contributed by atoms with Crippen LogP contribution in [0.3, 0.4) is 0 Å². The van der Waals surface area contributed by atoms with Crippen LogP contribution in [0.5, 0.6) is 11.5 Å². The van der Waals surface area contributed by atoms with Gasteiger partial charge in [0.05, 0.1) is 24.7 Å². The van der Waals surface area contributed by atoms with Gasteiger partial charge in [0.25, 0.3) is 0 Å². The first-order valence-corrected chi connectivity index (χ1v) is 12.5. The van der Waals surface area contributed by atoms with E-state index in [1.807, 2.05) is 30.3 Å². The van der Waals surface area contributed by atoms with E-state index in [9.17, 15) is 18.3 Å². The predicted octanol–water partition coefficient (Wildman–Crippen LogP) is 1.59. The van der Waals surface area contributed by atoms with Gasteiger partial charge in [-0.1, -0.05) is 30.3 Å². The van der Waals surface area contributed by atoms with E-state index in [-0.39, 0.29) is 17.9 Å². The molecule has 8 nitrogen and oxygen atoms in total. The minimum atomic E-state index is -3.51. The fraction of sp³-hybridized carbons (Fsp3) is 0.435. The van der Waals surface area contributed by atoms with Crippen molar-refractivity contribution in [2.24, 2.45) is 0 Å². The Bertz CT molecular complexity index is 961. The van der Waals surface area contributed by atoms with Gasteiger partial charge >= 0.3 is 0 Å². The number of para-hydroxylation sites is 1. The molecule has 0 bridgehead atoms. The highest BCUT2D eigenvalue weighted by Crippen LogP contribution is 2.22. The number of ether oxygens (including phenoxy) is 2. The first kappa shape index (κ1) is 24.2. The third kappa shape index (κ3) is 8.23. The second-order valence-electron chi connectivity index (χ2n) is 7.70. The largest absolute Gasteiger partial charge is 0.457 e. The molecule has 1 aliphatic heterocycles. The van der Waals surface area contributed by atoms with Gasteiger partial charge in [0.2, 0.25) is 5.91 Å². The van der Waals surface area contributed by atoms with Crippen LogP contribution < -0.4 is 10.1 Å². The third-order valence-corrected chi connectivity index (χ3v) is 6.73. The Hall–Kier alpha value is -2.46. The van der Waals surface area contributed by atoms with Crippen molar-refractivity contribution in [1.29, 1.82) is 0 Å². The first-order chi connectivity index (χ1) is 15.4. The molecule has 1 aliphatic rings. The molecule has 1 unspecified atom stereocenters. The second-order valence-corrected chi connectivity index (χ2v) is 9.89. The molecule has 2 aromatic rings. The van der Waals surface area contributed by atoms with Gasteiger partial charge in [-0.2, -0.15) is 0 Å². The van der Waals surface area contributed by atoms with Crippen molar-refractivity contribution in [3.8, 4) is 11.5 Å². The highest BCUT2D eigenvalue weighted by Gasteiger charge is 2.20. The van der Waals surface area contributed by atoms with Crippen LogP contribution in [0.15, 0.2) is 54.6 Å². The Kier molecular flexibility index (Phi) is 9.04. The summed E-state index contributed by atoms with van der Waals surface area (Å²) in [4.78, 5) is 14.2. The number of aliphatic hydroxyl groups is 1. The zero-order chi connectivity index (χ0) is 22.8. The molecule has 0 aliphatic carbocycles. The van der Waals surface area contributed by atoms with Crippen molar-refractivity contribution in [3.05, 3.63) is 60.2 Å². The highest BCUT2D eigenvalue weighted by atomic mass is 32.2. The number of morpholine rings is 1. The molecule has 174 valence electrons. The minimum Gasteiger partial charge on any atom is -0.457 e. The normalized spacial score (nSPS) is 15.8. The molecule has 0 aromatic heterocycles. The molecular weight excluding hydrogens is 432 g/mol. The van der Waals surface area contributed by atoms with Gasteiger partial charge in [0.1, 0.15) is 17.6 Å². The zero-order valence-corrected chi connectivity index (χ0v) is 18.8. The fourth-order valence-electron chi connectivity index (χ4n) is 3.35. The molecule has 3 rings (SSSR count). The van der Waals surface area contributed by atoms with Gasteiger partial charge in [-0.05, 0) is 36.2 Å². The van der Waals surface area contributed by atoms with Crippen LogP contribution in [0, 0.1) is 0 Å². The van der Waals surface area contributed by atoms with E-state index in [2.05, 4.69) is 10.2 Å². The number of sulfone groups is 1. The smallest absolute Gasteiger partial charge is 0.248 e. The van der Waals surface area contributed by atoms with E-state index in [0.29, 0.717) is 43.4 Å². The van der Waals surface area contributed by atoms with Crippen molar-refractivity contribution < 1.29 is 27.8 Å². The Balaban J connectivity index is 1.43. The summed E-state index contributed by atoms with van der Waals surface area (Å²) in [5.74, 6) is 0.185. The van der Waals surface area contributed by atoms with Gasteiger partial charge < -0.3 is 19.9 Å². The highest BCUT2D eigenvalue weighted by molar-refractivity contribution is 7.90. The van der Waals surface area contributed by atoms with Gasteiger partial charge in [-0.15, -0.1) is 0 Å². The predicted molar refractivity (Wildman–Crippen MR) is 121 cm³/mol. The van der Waals surface area contributed by atoms with Crippen molar-refractivity contribution in [2.75, 3.05) is 45.1 Å². The number of rotatable bonds is 11. The van der Waals surface area contributed by atoms with Gasteiger partial charge in [0.15, 0.2) is 9.84 Å². The summed E-state index contributed by atoms with van der Waals surface area (Å²) in [6.07, 6.45) is -1.51. The molecule has 2 aromatic carbocycles. The molecule has 2 N–H and O–H groups in total. The number of hydrogen-bond donors (Lipinski definition) is 2. The lowest BCUT2D eigenvalue weighted by Crippen LogP contribution is -2.43. The van der Waals surface area contributed by atoms with Crippen molar-refractivity contribution in [3.63, 3.8) is 0 Å². The molecule has 9 heteroatoms. The molecular formula is C23H30N2O6S. The number of aliphatic hydroxyl groups excluding tert-OH is 1. The third-order valence-electron chi connectivity index (χ3n) is 5.10. The number of amides is 1. The molecule has 0 radical (unpaired) electrons. The van der Waals surface area contributed by atoms with E-state index in [1.54, 1.807) is 24.3 Å². The summed E-state index contributed by atoms with van der Waals surface area (Å²) < 4.78 is 36.0. The molecule has 1 heterocycles. The lowest BCUT2D eigenvalue weighted by Gasteiger charge is -2.26. The monoisotopic (exact) mass is 462 g/mol. The molecule has 1 amide bonds. The molecule has 32 heavy (non-hydrogen) atoms. The summed E-state index contributed by atoms with van der Waals surface area (Å²) in [6.45, 7) is 4.05. The molecule has 0 saturated carbocycles. The number of carbonyl (C=O) groups is 1. The molecule has 1 fully saturated rings. The van der Waals surface area contributed by atoms with Crippen LogP contribution in [-0.4, -0.2) is 75.6 Å². The van der Waals surface area contributed by atoms with Crippen molar-refractivity contribution in [1.82, 2.24) is 10.2 Å². The summed E-state index contributed by atoms with van der Waals surface area (Å²) >= 11 is 0. The van der Waals surface area contributed by atoms with Crippen LogP contribution in [-0.2, 0) is 25.1 Å². The average molecular weight is 463 g/mol. The quantitative estimate of drug-likeness (QED) is 0.523. The lowest BCUT2D eigenvalue weighted by molar-refractivity contribution is -0.129. The number of benzene rings is 2. The van der Waals surface area contributed by atoms with Gasteiger partial charge in [0, 0.05) is 26.2 Å². The topological polar surface area (TPSA) is 105 Å². The van der Waals surface area contributed by atoms with Crippen molar-refractivity contribution >= 4 is 15.7 Å². The second kappa shape index (κ2) is 12.0. The SMILES string of the molecule is O=C(NCCN1CCOCC1)C(O)CCS(=O)(=O)Cc1cccc(Oc2ccccc2)c1. The lowest BCUT2D eigenvalue weighted by atomic mass is 10.2. The molecule has 0 spiro atoms. The van der Waals surface area contributed by atoms with E-state index < -0.39 is 21.8 Å². The standard InChI is InChI=1S/C23H30N2O6S/c26-22(23(27)24-10-11-25-12-14-30-15-13-25)9-16-32(28,29)18-19-5-4-8-21(17-19)31-20-6-2-1-3-7-20/h1-8,17,22,26H,9-16,18H2,(H,24,27). The maximum absolute atomic E-state index is 12.5. The van der Waals surface area contributed by atoms with Gasteiger partial charge in [-0.25, -0.2) is 8.42 Å². The summed E-state index contributed by atoms with van der Waals surface area (Å²) in [6, 6.07) is 16.1. The minimum absolute atomic E-state index is 0.147. The Morgan fingerprint density at radius 2 is 1.81 bits per heavy atom. The summed E-state index contributed by atoms with van der Waals surface area (Å²) in [5, 5.41) is 12.7. The van der Waals surface area contributed by atoms with E-state index in [1.165, 1.54) is 0 Å². The number of hydrogen-bond acceptors (Lipinski definition) is 7. The molecule has 1 atom stereocenters. The Morgan fingerprint density at radius 3 is 2.56 bits per heavy atom. The van der Waals surface area contributed by atoms with Gasteiger partial charge in [-0.3, -0.25) is 9.69 Å². The number of nitrogens with zero attached hydrogens (tertiary/aromatic N) is 1.